The third-order valence-corrected chi connectivity index (χ3v) is 5.34. The molecule has 0 unspecified atom stereocenters. The molecule has 0 aliphatic carbocycles. The molecule has 2 aliphatic heterocycles. The van der Waals surface area contributed by atoms with Crippen LogP contribution in [0, 0.1) is 5.82 Å². The number of likely N-dealkylation sites (tertiary alicyclic amines) is 1. The average molecular weight is 346 g/mol. The van der Waals surface area contributed by atoms with Crippen LogP contribution in [0.3, 0.4) is 0 Å². The number of nitrogens with zero attached hydrogens (tertiary/aromatic N) is 1. The molecule has 2 heterocycles. The number of amides is 1. The van der Waals surface area contributed by atoms with Gasteiger partial charge in [0.05, 0.1) is 0 Å². The van der Waals surface area contributed by atoms with Crippen LogP contribution in [-0.2, 0) is 9.53 Å². The predicted molar refractivity (Wildman–Crippen MR) is 96.7 cm³/mol. The van der Waals surface area contributed by atoms with Crippen molar-refractivity contribution in [2.24, 2.45) is 0 Å². The van der Waals surface area contributed by atoms with Crippen LogP contribution < -0.4 is 5.32 Å². The van der Waals surface area contributed by atoms with E-state index in [1.165, 1.54) is 37.5 Å². The van der Waals surface area contributed by atoms with Gasteiger partial charge >= 0.3 is 0 Å². The van der Waals surface area contributed by atoms with Crippen LogP contribution in [0.1, 0.15) is 37.7 Å². The minimum Gasteiger partial charge on any atom is -0.381 e. The van der Waals surface area contributed by atoms with Gasteiger partial charge in [-0.05, 0) is 62.5 Å². The second-order valence-electron chi connectivity index (χ2n) is 6.99. The number of rotatable bonds is 5. The number of nitrogens with one attached hydrogen (secondary N) is 1. The molecule has 0 spiro atoms. The SMILES string of the molecule is O=C(/C=C/c1ccc(F)cc1)NCC1(N2CCCCC2)CCOCC1. The lowest BCUT2D eigenvalue weighted by atomic mass is 9.86. The maximum absolute atomic E-state index is 12.9. The third kappa shape index (κ3) is 4.89. The summed E-state index contributed by atoms with van der Waals surface area (Å²) in [5.41, 5.74) is 0.839. The predicted octanol–water partition coefficient (Wildman–Crippen LogP) is 2.99. The summed E-state index contributed by atoms with van der Waals surface area (Å²) in [6.45, 7) is 4.40. The van der Waals surface area contributed by atoms with E-state index in [9.17, 15) is 9.18 Å². The van der Waals surface area contributed by atoms with E-state index in [2.05, 4.69) is 10.2 Å². The Morgan fingerprint density at radius 3 is 2.52 bits per heavy atom. The molecule has 0 aromatic heterocycles. The molecule has 3 rings (SSSR count). The maximum atomic E-state index is 12.9. The zero-order valence-electron chi connectivity index (χ0n) is 14.7. The van der Waals surface area contributed by atoms with E-state index in [4.69, 9.17) is 4.74 Å². The molecule has 25 heavy (non-hydrogen) atoms. The molecule has 1 amide bonds. The van der Waals surface area contributed by atoms with Gasteiger partial charge in [0.2, 0.25) is 5.91 Å². The van der Waals surface area contributed by atoms with Crippen LogP contribution in [0.25, 0.3) is 6.08 Å². The van der Waals surface area contributed by atoms with Crippen molar-refractivity contribution < 1.29 is 13.9 Å². The minimum absolute atomic E-state index is 0.0258. The first-order valence-electron chi connectivity index (χ1n) is 9.22. The van der Waals surface area contributed by atoms with Gasteiger partial charge in [-0.2, -0.15) is 0 Å². The first-order valence-corrected chi connectivity index (χ1v) is 9.22. The van der Waals surface area contributed by atoms with Gasteiger partial charge in [-0.1, -0.05) is 18.6 Å². The van der Waals surface area contributed by atoms with E-state index in [1.807, 2.05) is 0 Å². The number of halogens is 1. The molecular weight excluding hydrogens is 319 g/mol. The monoisotopic (exact) mass is 346 g/mol. The van der Waals surface area contributed by atoms with E-state index in [0.29, 0.717) is 6.54 Å². The fourth-order valence-corrected chi connectivity index (χ4v) is 3.78. The van der Waals surface area contributed by atoms with Crippen LogP contribution in [0.2, 0.25) is 0 Å². The van der Waals surface area contributed by atoms with Crippen molar-refractivity contribution in [1.29, 1.82) is 0 Å². The topological polar surface area (TPSA) is 41.6 Å². The van der Waals surface area contributed by atoms with Crippen molar-refractivity contribution in [2.75, 3.05) is 32.8 Å². The van der Waals surface area contributed by atoms with Gasteiger partial charge in [0.25, 0.3) is 0 Å². The van der Waals surface area contributed by atoms with Crippen molar-refractivity contribution in [3.63, 3.8) is 0 Å². The molecule has 0 atom stereocenters. The van der Waals surface area contributed by atoms with Crippen LogP contribution in [0.15, 0.2) is 30.3 Å². The normalized spacial score (nSPS) is 21.3. The fourth-order valence-electron chi connectivity index (χ4n) is 3.78. The van der Waals surface area contributed by atoms with Crippen molar-refractivity contribution in [2.45, 2.75) is 37.6 Å². The lowest BCUT2D eigenvalue weighted by Gasteiger charge is -2.48. The Morgan fingerprint density at radius 2 is 1.84 bits per heavy atom. The lowest BCUT2D eigenvalue weighted by molar-refractivity contribution is -0.118. The lowest BCUT2D eigenvalue weighted by Crippen LogP contribution is -2.59. The Balaban J connectivity index is 1.58. The highest BCUT2D eigenvalue weighted by molar-refractivity contribution is 5.91. The van der Waals surface area contributed by atoms with Crippen LogP contribution in [-0.4, -0.2) is 49.2 Å². The summed E-state index contributed by atoms with van der Waals surface area (Å²) < 4.78 is 18.5. The number of hydrogen-bond donors (Lipinski definition) is 1. The second kappa shape index (κ2) is 8.59. The molecule has 0 bridgehead atoms. The average Bonchev–Trinajstić information content (AvgIpc) is 2.67. The highest BCUT2D eigenvalue weighted by Gasteiger charge is 2.38. The van der Waals surface area contributed by atoms with E-state index < -0.39 is 0 Å². The van der Waals surface area contributed by atoms with Crippen molar-refractivity contribution >= 4 is 12.0 Å². The molecule has 4 nitrogen and oxygen atoms in total. The highest BCUT2D eigenvalue weighted by Crippen LogP contribution is 2.30. The molecule has 5 heteroatoms. The van der Waals surface area contributed by atoms with E-state index in [-0.39, 0.29) is 17.3 Å². The molecule has 136 valence electrons. The smallest absolute Gasteiger partial charge is 0.244 e. The molecule has 1 aromatic carbocycles. The van der Waals surface area contributed by atoms with Gasteiger partial charge in [0, 0.05) is 31.4 Å². The molecule has 2 saturated heterocycles. The molecule has 1 N–H and O–H groups in total. The van der Waals surface area contributed by atoms with E-state index in [0.717, 1.165) is 44.7 Å². The van der Waals surface area contributed by atoms with Crippen LogP contribution in [0.4, 0.5) is 4.39 Å². The first-order chi connectivity index (χ1) is 12.2. The third-order valence-electron chi connectivity index (χ3n) is 5.34. The number of hydrogen-bond acceptors (Lipinski definition) is 3. The largest absolute Gasteiger partial charge is 0.381 e. The Kier molecular flexibility index (Phi) is 6.21. The van der Waals surface area contributed by atoms with E-state index >= 15 is 0 Å². The Bertz CT molecular complexity index is 588. The highest BCUT2D eigenvalue weighted by atomic mass is 19.1. The second-order valence-corrected chi connectivity index (χ2v) is 6.99. The van der Waals surface area contributed by atoms with Crippen molar-refractivity contribution in [3.05, 3.63) is 41.7 Å². The van der Waals surface area contributed by atoms with E-state index in [1.54, 1.807) is 18.2 Å². The summed E-state index contributed by atoms with van der Waals surface area (Å²) in [4.78, 5) is 14.8. The number of ether oxygens (including phenoxy) is 1. The van der Waals surface area contributed by atoms with Crippen LogP contribution in [0.5, 0.6) is 0 Å². The zero-order chi connectivity index (χ0) is 17.5. The zero-order valence-corrected chi connectivity index (χ0v) is 14.7. The number of benzene rings is 1. The van der Waals surface area contributed by atoms with Gasteiger partial charge < -0.3 is 10.1 Å². The summed E-state index contributed by atoms with van der Waals surface area (Å²) in [6, 6.07) is 6.11. The molecule has 1 aromatic rings. The standard InChI is InChI=1S/C20H27FN2O2/c21-18-7-4-17(5-8-18)6-9-19(24)22-16-20(10-14-25-15-11-20)23-12-2-1-3-13-23/h4-9H,1-3,10-16H2,(H,22,24)/b9-6+. The first kappa shape index (κ1) is 18.1. The van der Waals surface area contributed by atoms with Crippen molar-refractivity contribution in [3.8, 4) is 0 Å². The maximum Gasteiger partial charge on any atom is 0.244 e. The Labute approximate surface area is 149 Å². The summed E-state index contributed by atoms with van der Waals surface area (Å²) in [5.74, 6) is -0.378. The number of carbonyl (C=O) groups excluding carboxylic acids is 1. The quantitative estimate of drug-likeness (QED) is 0.834. The van der Waals surface area contributed by atoms with Gasteiger partial charge in [-0.25, -0.2) is 4.39 Å². The molecule has 0 saturated carbocycles. The Morgan fingerprint density at radius 1 is 1.16 bits per heavy atom. The van der Waals surface area contributed by atoms with Crippen molar-refractivity contribution in [1.82, 2.24) is 10.2 Å². The summed E-state index contributed by atoms with van der Waals surface area (Å²) in [7, 11) is 0. The number of piperidine rings is 1. The summed E-state index contributed by atoms with van der Waals surface area (Å²) in [6.07, 6.45) is 8.95. The van der Waals surface area contributed by atoms with Gasteiger partial charge in [0.1, 0.15) is 5.82 Å². The van der Waals surface area contributed by atoms with Gasteiger partial charge in [0.15, 0.2) is 0 Å². The molecule has 2 fully saturated rings. The van der Waals surface area contributed by atoms with Gasteiger partial charge in [-0.3, -0.25) is 9.69 Å². The summed E-state index contributed by atoms with van der Waals surface area (Å²) >= 11 is 0. The van der Waals surface area contributed by atoms with Gasteiger partial charge in [-0.15, -0.1) is 0 Å². The molecule has 0 radical (unpaired) electrons. The molecular formula is C20H27FN2O2. The van der Waals surface area contributed by atoms with Crippen LogP contribution >= 0.6 is 0 Å². The Hall–Kier alpha value is -1.72. The molecule has 2 aliphatic rings. The minimum atomic E-state index is -0.274. The fraction of sp³-hybridized carbons (Fsp3) is 0.550. The number of carbonyl (C=O) groups is 1. The summed E-state index contributed by atoms with van der Waals surface area (Å²) in [5, 5.41) is 3.08.